The van der Waals surface area contributed by atoms with Crippen molar-refractivity contribution >= 4 is 11.8 Å². The maximum Gasteiger partial charge on any atom is 0.254 e. The average Bonchev–Trinajstić information content (AvgIpc) is 2.75. The van der Waals surface area contributed by atoms with Gasteiger partial charge in [-0.05, 0) is 31.4 Å². The Balaban J connectivity index is 1.40. The molecule has 8 nitrogen and oxygen atoms in total. The quantitative estimate of drug-likeness (QED) is 0.556. The third kappa shape index (κ3) is 6.46. The van der Waals surface area contributed by atoms with E-state index in [0.29, 0.717) is 45.6 Å². The Morgan fingerprint density at radius 2 is 1.97 bits per heavy atom. The first-order chi connectivity index (χ1) is 14.6. The van der Waals surface area contributed by atoms with E-state index in [4.69, 9.17) is 9.47 Å². The Morgan fingerprint density at radius 3 is 2.70 bits per heavy atom. The summed E-state index contributed by atoms with van der Waals surface area (Å²) < 4.78 is 25.0. The van der Waals surface area contributed by atoms with Crippen LogP contribution in [0.15, 0.2) is 24.3 Å². The molecule has 0 bridgehead atoms. The number of amides is 2. The zero-order valence-corrected chi connectivity index (χ0v) is 17.0. The predicted molar refractivity (Wildman–Crippen MR) is 108 cm³/mol. The van der Waals surface area contributed by atoms with Gasteiger partial charge in [-0.1, -0.05) is 12.1 Å². The summed E-state index contributed by atoms with van der Waals surface area (Å²) in [6.07, 6.45) is 1.23. The molecule has 2 amide bonds. The maximum absolute atomic E-state index is 13.8. The molecular formula is C21H30FN3O5. The largest absolute Gasteiger partial charge is 0.394 e. The lowest BCUT2D eigenvalue weighted by Gasteiger charge is -2.36. The lowest BCUT2D eigenvalue weighted by molar-refractivity contribution is -0.123. The standard InChI is InChI=1S/C21H30FN3O5/c22-17-4-2-1-3-16(17)21(28)24-18-6-5-15(30-19(18)14-26)7-8-23-20(27)13-25-9-11-29-12-10-25/h1-4,15,18-19,26H,5-14H2,(H,23,27)(H,24,28)/t15-,18+,19+/m0/s1. The minimum absolute atomic E-state index is 0.0264. The molecule has 2 saturated heterocycles. The second kappa shape index (κ2) is 11.4. The van der Waals surface area contributed by atoms with Gasteiger partial charge in [0.2, 0.25) is 5.91 Å². The first-order valence-electron chi connectivity index (χ1n) is 10.5. The van der Waals surface area contributed by atoms with E-state index in [1.54, 1.807) is 6.07 Å². The monoisotopic (exact) mass is 423 g/mol. The van der Waals surface area contributed by atoms with E-state index in [1.807, 2.05) is 0 Å². The van der Waals surface area contributed by atoms with Gasteiger partial charge in [0.25, 0.3) is 5.91 Å². The van der Waals surface area contributed by atoms with E-state index >= 15 is 0 Å². The normalized spacial score (nSPS) is 24.9. The smallest absolute Gasteiger partial charge is 0.254 e. The summed E-state index contributed by atoms with van der Waals surface area (Å²) in [7, 11) is 0. The van der Waals surface area contributed by atoms with Crippen LogP contribution in [0.1, 0.15) is 29.6 Å². The summed E-state index contributed by atoms with van der Waals surface area (Å²) in [5, 5.41) is 15.4. The van der Waals surface area contributed by atoms with Crippen molar-refractivity contribution in [3.63, 3.8) is 0 Å². The van der Waals surface area contributed by atoms with Gasteiger partial charge in [0, 0.05) is 19.6 Å². The van der Waals surface area contributed by atoms with Crippen LogP contribution in [0.4, 0.5) is 4.39 Å². The van der Waals surface area contributed by atoms with E-state index in [-0.39, 0.29) is 24.2 Å². The Kier molecular flexibility index (Phi) is 8.56. The SMILES string of the molecule is O=C(CN1CCOCC1)NCC[C@@H]1CC[C@@H](NC(=O)c2ccccc2F)[C@@H](CO)O1. The number of hydrogen-bond donors (Lipinski definition) is 3. The molecular weight excluding hydrogens is 393 g/mol. The van der Waals surface area contributed by atoms with Crippen molar-refractivity contribution in [2.45, 2.75) is 37.5 Å². The highest BCUT2D eigenvalue weighted by atomic mass is 19.1. The van der Waals surface area contributed by atoms with Crippen LogP contribution in [0.25, 0.3) is 0 Å². The van der Waals surface area contributed by atoms with Crippen LogP contribution in [-0.2, 0) is 14.3 Å². The zero-order valence-electron chi connectivity index (χ0n) is 17.0. The molecule has 3 N–H and O–H groups in total. The van der Waals surface area contributed by atoms with Crippen molar-refractivity contribution in [1.82, 2.24) is 15.5 Å². The van der Waals surface area contributed by atoms with Gasteiger partial charge < -0.3 is 25.2 Å². The molecule has 166 valence electrons. The van der Waals surface area contributed by atoms with Crippen molar-refractivity contribution < 1.29 is 28.6 Å². The Hall–Kier alpha value is -2.07. The maximum atomic E-state index is 13.8. The Labute approximate surface area is 175 Å². The lowest BCUT2D eigenvalue weighted by Crippen LogP contribution is -2.51. The van der Waals surface area contributed by atoms with Crippen LogP contribution >= 0.6 is 0 Å². The highest BCUT2D eigenvalue weighted by Gasteiger charge is 2.32. The summed E-state index contributed by atoms with van der Waals surface area (Å²) in [5.74, 6) is -1.13. The number of benzene rings is 1. The molecule has 2 fully saturated rings. The van der Waals surface area contributed by atoms with Crippen molar-refractivity contribution in [3.05, 3.63) is 35.6 Å². The number of morpholine rings is 1. The fraction of sp³-hybridized carbons (Fsp3) is 0.619. The molecule has 30 heavy (non-hydrogen) atoms. The number of aliphatic hydroxyl groups excluding tert-OH is 1. The minimum atomic E-state index is -0.585. The van der Waals surface area contributed by atoms with E-state index < -0.39 is 23.9 Å². The number of ether oxygens (including phenoxy) is 2. The first-order valence-corrected chi connectivity index (χ1v) is 10.5. The Morgan fingerprint density at radius 1 is 1.20 bits per heavy atom. The predicted octanol–water partition coefficient (Wildman–Crippen LogP) is 0.303. The third-order valence-corrected chi connectivity index (χ3v) is 5.49. The molecule has 2 aliphatic rings. The van der Waals surface area contributed by atoms with Gasteiger partial charge in [0.15, 0.2) is 0 Å². The number of carbonyl (C=O) groups is 2. The molecule has 0 unspecified atom stereocenters. The van der Waals surface area contributed by atoms with Crippen molar-refractivity contribution in [2.75, 3.05) is 46.0 Å². The lowest BCUT2D eigenvalue weighted by atomic mass is 9.96. The van der Waals surface area contributed by atoms with Crippen LogP contribution in [0.5, 0.6) is 0 Å². The topological polar surface area (TPSA) is 100 Å². The molecule has 0 aliphatic carbocycles. The molecule has 1 aromatic rings. The fourth-order valence-electron chi connectivity index (χ4n) is 3.79. The summed E-state index contributed by atoms with van der Waals surface area (Å²) >= 11 is 0. The number of carbonyl (C=O) groups excluding carboxylic acids is 2. The molecule has 3 rings (SSSR count). The minimum Gasteiger partial charge on any atom is -0.394 e. The third-order valence-electron chi connectivity index (χ3n) is 5.49. The second-order valence-corrected chi connectivity index (χ2v) is 7.64. The number of hydrogen-bond acceptors (Lipinski definition) is 6. The zero-order chi connectivity index (χ0) is 21.3. The summed E-state index contributed by atoms with van der Waals surface area (Å²) in [6, 6.07) is 5.39. The fourth-order valence-corrected chi connectivity index (χ4v) is 3.79. The molecule has 0 saturated carbocycles. The molecule has 0 aromatic heterocycles. The van der Waals surface area contributed by atoms with E-state index in [2.05, 4.69) is 15.5 Å². The highest BCUT2D eigenvalue weighted by molar-refractivity contribution is 5.94. The van der Waals surface area contributed by atoms with Gasteiger partial charge in [-0.15, -0.1) is 0 Å². The van der Waals surface area contributed by atoms with Crippen LogP contribution < -0.4 is 10.6 Å². The number of halogens is 1. The first kappa shape index (κ1) is 22.6. The van der Waals surface area contributed by atoms with Gasteiger partial charge in [0.05, 0.1) is 44.1 Å². The summed E-state index contributed by atoms with van der Waals surface area (Å²) in [5.41, 5.74) is -0.0284. The molecule has 0 radical (unpaired) electrons. The molecule has 1 aromatic carbocycles. The van der Waals surface area contributed by atoms with Crippen LogP contribution in [0.2, 0.25) is 0 Å². The second-order valence-electron chi connectivity index (χ2n) is 7.64. The average molecular weight is 423 g/mol. The van der Waals surface area contributed by atoms with Gasteiger partial charge in [-0.3, -0.25) is 14.5 Å². The highest BCUT2D eigenvalue weighted by Crippen LogP contribution is 2.22. The molecule has 2 aliphatic heterocycles. The Bertz CT molecular complexity index is 714. The summed E-state index contributed by atoms with van der Waals surface area (Å²) in [4.78, 5) is 26.5. The number of nitrogens with one attached hydrogen (secondary N) is 2. The number of aliphatic hydroxyl groups is 1. The molecule has 9 heteroatoms. The van der Waals surface area contributed by atoms with Gasteiger partial charge in [-0.2, -0.15) is 0 Å². The number of rotatable bonds is 8. The summed E-state index contributed by atoms with van der Waals surface area (Å²) in [6.45, 7) is 3.42. The van der Waals surface area contributed by atoms with E-state index in [0.717, 1.165) is 13.1 Å². The van der Waals surface area contributed by atoms with Crippen LogP contribution in [0.3, 0.4) is 0 Å². The van der Waals surface area contributed by atoms with E-state index in [9.17, 15) is 19.1 Å². The van der Waals surface area contributed by atoms with Crippen molar-refractivity contribution in [1.29, 1.82) is 0 Å². The van der Waals surface area contributed by atoms with Crippen molar-refractivity contribution in [2.24, 2.45) is 0 Å². The van der Waals surface area contributed by atoms with Gasteiger partial charge in [0.1, 0.15) is 11.9 Å². The molecule has 3 atom stereocenters. The van der Waals surface area contributed by atoms with Crippen LogP contribution in [0, 0.1) is 5.82 Å². The van der Waals surface area contributed by atoms with Crippen molar-refractivity contribution in [3.8, 4) is 0 Å². The molecule has 2 heterocycles. The molecule has 0 spiro atoms. The van der Waals surface area contributed by atoms with E-state index in [1.165, 1.54) is 18.2 Å². The van der Waals surface area contributed by atoms with Gasteiger partial charge in [-0.25, -0.2) is 4.39 Å². The number of nitrogens with zero attached hydrogens (tertiary/aromatic N) is 1. The van der Waals surface area contributed by atoms with Crippen LogP contribution in [-0.4, -0.2) is 86.1 Å². The van der Waals surface area contributed by atoms with Gasteiger partial charge >= 0.3 is 0 Å².